The molecule has 132 valence electrons. The van der Waals surface area contributed by atoms with Gasteiger partial charge in [0.15, 0.2) is 18.4 Å². The zero-order valence-electron chi connectivity index (χ0n) is 13.6. The number of fused-ring (bicyclic) bond motifs is 3. The number of hydrogen-bond donors (Lipinski definition) is 2. The summed E-state index contributed by atoms with van der Waals surface area (Å²) in [5, 5.41) is 21.5. The van der Waals surface area contributed by atoms with Crippen molar-refractivity contribution >= 4 is 0 Å². The van der Waals surface area contributed by atoms with Gasteiger partial charge >= 0.3 is 0 Å². The van der Waals surface area contributed by atoms with E-state index in [1.165, 1.54) is 14.0 Å². The largest absolute Gasteiger partial charge is 0.366 e. The molecule has 3 aliphatic heterocycles. The maximum absolute atomic E-state index is 11.2. The van der Waals surface area contributed by atoms with E-state index in [4.69, 9.17) is 23.7 Å². The highest BCUT2D eigenvalue weighted by Crippen LogP contribution is 2.51. The minimum Gasteiger partial charge on any atom is -0.366 e. The molecule has 4 rings (SSSR count). The summed E-state index contributed by atoms with van der Waals surface area (Å²) in [5.74, 6) is -3.74. The highest BCUT2D eigenvalue weighted by Gasteiger charge is 2.66. The fraction of sp³-hybridized carbons (Fsp3) is 0.647. The predicted octanol–water partition coefficient (Wildman–Crippen LogP) is 0.905. The standard InChI is InChI=1S/C17H22O7/c1-16(18)8-11-15(20-2)22-12-9-21-14(10-6-4-3-5-7-10)23-13(12)17(11,19)24-16/h3-7,11-15,18-19H,8-9H2,1-2H3/t11-,12+,13+,14+,15-,16?,17-/m0/s1. The van der Waals surface area contributed by atoms with Crippen molar-refractivity contribution in [3.05, 3.63) is 35.9 Å². The van der Waals surface area contributed by atoms with Crippen LogP contribution in [0.15, 0.2) is 30.3 Å². The van der Waals surface area contributed by atoms with Crippen molar-refractivity contribution in [3.8, 4) is 0 Å². The molecule has 1 unspecified atom stereocenters. The van der Waals surface area contributed by atoms with Gasteiger partial charge in [0, 0.05) is 19.1 Å². The van der Waals surface area contributed by atoms with E-state index in [-0.39, 0.29) is 13.0 Å². The average molecular weight is 338 g/mol. The van der Waals surface area contributed by atoms with E-state index in [0.29, 0.717) is 0 Å². The molecule has 0 aromatic heterocycles. The van der Waals surface area contributed by atoms with Crippen molar-refractivity contribution in [2.24, 2.45) is 5.92 Å². The second-order valence-electron chi connectivity index (χ2n) is 6.75. The molecule has 0 amide bonds. The molecule has 3 saturated heterocycles. The van der Waals surface area contributed by atoms with Gasteiger partial charge in [0.05, 0.1) is 12.5 Å². The minimum absolute atomic E-state index is 0.186. The molecular formula is C17H22O7. The van der Waals surface area contributed by atoms with E-state index in [2.05, 4.69) is 0 Å². The van der Waals surface area contributed by atoms with Gasteiger partial charge in [-0.1, -0.05) is 30.3 Å². The fourth-order valence-electron chi connectivity index (χ4n) is 3.86. The van der Waals surface area contributed by atoms with Crippen LogP contribution in [0.25, 0.3) is 0 Å². The van der Waals surface area contributed by atoms with Crippen molar-refractivity contribution in [2.75, 3.05) is 13.7 Å². The number of rotatable bonds is 2. The van der Waals surface area contributed by atoms with Gasteiger partial charge in [-0.15, -0.1) is 0 Å². The van der Waals surface area contributed by atoms with E-state index in [1.807, 2.05) is 30.3 Å². The van der Waals surface area contributed by atoms with Crippen LogP contribution in [0.2, 0.25) is 0 Å². The second-order valence-corrected chi connectivity index (χ2v) is 6.75. The minimum atomic E-state index is -1.70. The number of aliphatic hydroxyl groups is 2. The number of benzene rings is 1. The van der Waals surface area contributed by atoms with Gasteiger partial charge in [0.25, 0.3) is 0 Å². The first-order chi connectivity index (χ1) is 11.4. The quantitative estimate of drug-likeness (QED) is 0.829. The molecule has 0 bridgehead atoms. The van der Waals surface area contributed by atoms with E-state index in [1.54, 1.807) is 0 Å². The smallest absolute Gasteiger partial charge is 0.206 e. The van der Waals surface area contributed by atoms with Crippen molar-refractivity contribution in [1.29, 1.82) is 0 Å². The summed E-state index contributed by atoms with van der Waals surface area (Å²) in [6.07, 6.45) is -2.49. The lowest BCUT2D eigenvalue weighted by atomic mass is 9.85. The molecule has 0 radical (unpaired) electrons. The first-order valence-electron chi connectivity index (χ1n) is 8.08. The third-order valence-electron chi connectivity index (χ3n) is 4.88. The molecule has 7 atom stereocenters. The van der Waals surface area contributed by atoms with Crippen molar-refractivity contribution in [3.63, 3.8) is 0 Å². The summed E-state index contributed by atoms with van der Waals surface area (Å²) in [6, 6.07) is 9.46. The Balaban J connectivity index is 1.63. The summed E-state index contributed by atoms with van der Waals surface area (Å²) in [4.78, 5) is 0. The number of ether oxygens (including phenoxy) is 5. The van der Waals surface area contributed by atoms with E-state index >= 15 is 0 Å². The van der Waals surface area contributed by atoms with Gasteiger partial charge in [-0.2, -0.15) is 0 Å². The first-order valence-corrected chi connectivity index (χ1v) is 8.08. The highest BCUT2D eigenvalue weighted by molar-refractivity contribution is 5.17. The zero-order chi connectivity index (χ0) is 16.9. The summed E-state index contributed by atoms with van der Waals surface area (Å²) < 4.78 is 28.5. The maximum atomic E-state index is 11.2. The molecule has 0 spiro atoms. The van der Waals surface area contributed by atoms with Crippen LogP contribution in [0.5, 0.6) is 0 Å². The third kappa shape index (κ3) is 2.57. The molecule has 3 fully saturated rings. The summed E-state index contributed by atoms with van der Waals surface area (Å²) in [6.45, 7) is 1.74. The number of methoxy groups -OCH3 is 1. The normalized spacial score (nSPS) is 47.9. The van der Waals surface area contributed by atoms with Crippen LogP contribution in [0.1, 0.15) is 25.2 Å². The summed E-state index contributed by atoms with van der Waals surface area (Å²) in [5.41, 5.74) is 0.842. The monoisotopic (exact) mass is 338 g/mol. The van der Waals surface area contributed by atoms with Crippen molar-refractivity contribution < 1.29 is 33.9 Å². The van der Waals surface area contributed by atoms with Crippen LogP contribution in [0, 0.1) is 5.92 Å². The Morgan fingerprint density at radius 1 is 1.17 bits per heavy atom. The van der Waals surface area contributed by atoms with Crippen LogP contribution >= 0.6 is 0 Å². The molecule has 2 N–H and O–H groups in total. The molecule has 0 saturated carbocycles. The second kappa shape index (κ2) is 5.74. The molecule has 3 heterocycles. The summed E-state index contributed by atoms with van der Waals surface area (Å²) >= 11 is 0. The Morgan fingerprint density at radius 3 is 2.62 bits per heavy atom. The molecule has 24 heavy (non-hydrogen) atoms. The van der Waals surface area contributed by atoms with Gasteiger partial charge in [0.1, 0.15) is 12.2 Å². The average Bonchev–Trinajstić information content (AvgIpc) is 2.84. The van der Waals surface area contributed by atoms with Gasteiger partial charge in [-0.25, -0.2) is 0 Å². The lowest BCUT2D eigenvalue weighted by Crippen LogP contribution is -2.66. The van der Waals surface area contributed by atoms with Crippen LogP contribution in [0.4, 0.5) is 0 Å². The SMILES string of the molecule is CO[C@H]1O[C@@H]2CO[C@@H](c3ccccc3)O[C@H]2[C@@]2(O)OC(C)(O)C[C@@H]12. The van der Waals surface area contributed by atoms with Crippen molar-refractivity contribution in [1.82, 2.24) is 0 Å². The van der Waals surface area contributed by atoms with Crippen LogP contribution in [0.3, 0.4) is 0 Å². The van der Waals surface area contributed by atoms with Gasteiger partial charge in [-0.05, 0) is 6.92 Å². The molecular weight excluding hydrogens is 316 g/mol. The van der Waals surface area contributed by atoms with Crippen LogP contribution < -0.4 is 0 Å². The molecule has 1 aromatic carbocycles. The third-order valence-corrected chi connectivity index (χ3v) is 4.88. The Labute approximate surface area is 140 Å². The van der Waals surface area contributed by atoms with Gasteiger partial charge in [0.2, 0.25) is 5.79 Å². The highest BCUT2D eigenvalue weighted by atomic mass is 16.8. The Kier molecular flexibility index (Phi) is 3.92. The lowest BCUT2D eigenvalue weighted by Gasteiger charge is -2.50. The predicted molar refractivity (Wildman–Crippen MR) is 80.4 cm³/mol. The molecule has 3 aliphatic rings. The fourth-order valence-corrected chi connectivity index (χ4v) is 3.86. The first kappa shape index (κ1) is 16.4. The maximum Gasteiger partial charge on any atom is 0.206 e. The Morgan fingerprint density at radius 2 is 1.92 bits per heavy atom. The molecule has 0 aliphatic carbocycles. The van der Waals surface area contributed by atoms with Crippen LogP contribution in [-0.2, 0) is 23.7 Å². The van der Waals surface area contributed by atoms with E-state index < -0.39 is 42.3 Å². The van der Waals surface area contributed by atoms with Crippen LogP contribution in [-0.4, -0.2) is 54.0 Å². The Hall–Kier alpha value is -1.06. The molecule has 1 aromatic rings. The van der Waals surface area contributed by atoms with Crippen molar-refractivity contribution in [2.45, 2.75) is 49.7 Å². The lowest BCUT2D eigenvalue weighted by molar-refractivity contribution is -0.425. The van der Waals surface area contributed by atoms with Gasteiger partial charge in [-0.3, -0.25) is 0 Å². The molecule has 7 nitrogen and oxygen atoms in total. The topological polar surface area (TPSA) is 86.6 Å². The van der Waals surface area contributed by atoms with E-state index in [9.17, 15) is 10.2 Å². The zero-order valence-corrected chi connectivity index (χ0v) is 13.6. The van der Waals surface area contributed by atoms with Gasteiger partial charge < -0.3 is 33.9 Å². The van der Waals surface area contributed by atoms with E-state index in [0.717, 1.165) is 5.56 Å². The Bertz CT molecular complexity index is 592. The summed E-state index contributed by atoms with van der Waals surface area (Å²) in [7, 11) is 1.50. The number of hydrogen-bond acceptors (Lipinski definition) is 7. The molecule has 7 heteroatoms.